The van der Waals surface area contributed by atoms with Gasteiger partial charge in [-0.3, -0.25) is 4.79 Å². The largest absolute Gasteiger partial charge is 0.371 e. The van der Waals surface area contributed by atoms with Gasteiger partial charge in [0.2, 0.25) is 5.91 Å². The molecule has 2 saturated heterocycles. The van der Waals surface area contributed by atoms with Gasteiger partial charge in [0.05, 0.1) is 28.2 Å². The van der Waals surface area contributed by atoms with E-state index < -0.39 is 6.17 Å². The standard InChI is InChI=1S/C16H21FN2O2S2/c1-10-18-13(6-22-10)5-21-14-4-16(23-7-14)8-19(9-16)15(20)11-2-12(17)3-11/h6,11-12,14H,2-5,7-9H2,1H3/t11?,12?,14-/m0/s1. The van der Waals surface area contributed by atoms with Gasteiger partial charge in [-0.15, -0.1) is 23.1 Å². The summed E-state index contributed by atoms with van der Waals surface area (Å²) in [6.07, 6.45) is 1.34. The topological polar surface area (TPSA) is 42.4 Å². The summed E-state index contributed by atoms with van der Waals surface area (Å²) in [4.78, 5) is 18.5. The number of alkyl halides is 1. The van der Waals surface area contributed by atoms with Crippen LogP contribution >= 0.6 is 23.1 Å². The number of thiazole rings is 1. The van der Waals surface area contributed by atoms with E-state index in [9.17, 15) is 9.18 Å². The van der Waals surface area contributed by atoms with Gasteiger partial charge in [-0.05, 0) is 26.2 Å². The number of aromatic nitrogens is 1. The van der Waals surface area contributed by atoms with Crippen LogP contribution in [0.3, 0.4) is 0 Å². The van der Waals surface area contributed by atoms with Crippen molar-refractivity contribution in [3.05, 3.63) is 16.1 Å². The molecule has 0 radical (unpaired) electrons. The van der Waals surface area contributed by atoms with Crippen LogP contribution in [0.25, 0.3) is 0 Å². The quantitative estimate of drug-likeness (QED) is 0.832. The van der Waals surface area contributed by atoms with Crippen LogP contribution in [-0.4, -0.2) is 51.7 Å². The van der Waals surface area contributed by atoms with Crippen LogP contribution in [-0.2, 0) is 16.1 Å². The zero-order chi connectivity index (χ0) is 16.0. The molecule has 3 fully saturated rings. The Morgan fingerprint density at radius 3 is 2.96 bits per heavy atom. The molecule has 0 aromatic carbocycles. The van der Waals surface area contributed by atoms with Crippen molar-refractivity contribution in [3.8, 4) is 0 Å². The van der Waals surface area contributed by atoms with Crippen molar-refractivity contribution < 1.29 is 13.9 Å². The van der Waals surface area contributed by atoms with Gasteiger partial charge in [0.1, 0.15) is 6.17 Å². The SMILES string of the molecule is Cc1nc(CO[C@@H]2CSC3(C2)CN(C(=O)C2CC(F)C2)C3)cs1. The highest BCUT2D eigenvalue weighted by atomic mass is 32.2. The molecule has 0 unspecified atom stereocenters. The summed E-state index contributed by atoms with van der Waals surface area (Å²) >= 11 is 3.58. The number of ether oxygens (including phenoxy) is 1. The predicted octanol–water partition coefficient (Wildman–Crippen LogP) is 2.80. The summed E-state index contributed by atoms with van der Waals surface area (Å²) in [6, 6.07) is 0. The zero-order valence-corrected chi connectivity index (χ0v) is 14.8. The van der Waals surface area contributed by atoms with Crippen molar-refractivity contribution in [3.63, 3.8) is 0 Å². The van der Waals surface area contributed by atoms with Gasteiger partial charge in [0.25, 0.3) is 0 Å². The van der Waals surface area contributed by atoms with Crippen LogP contribution in [0, 0.1) is 12.8 Å². The Morgan fingerprint density at radius 2 is 2.30 bits per heavy atom. The van der Waals surface area contributed by atoms with Crippen LogP contribution in [0.15, 0.2) is 5.38 Å². The van der Waals surface area contributed by atoms with Gasteiger partial charge in [-0.1, -0.05) is 0 Å². The number of rotatable bonds is 4. The van der Waals surface area contributed by atoms with Crippen molar-refractivity contribution in [1.29, 1.82) is 0 Å². The minimum Gasteiger partial charge on any atom is -0.371 e. The smallest absolute Gasteiger partial charge is 0.225 e. The van der Waals surface area contributed by atoms with E-state index >= 15 is 0 Å². The van der Waals surface area contributed by atoms with E-state index in [-0.39, 0.29) is 22.7 Å². The third-order valence-corrected chi connectivity index (χ3v) is 7.41. The molecule has 4 nitrogen and oxygen atoms in total. The van der Waals surface area contributed by atoms with Crippen LogP contribution in [0.5, 0.6) is 0 Å². The normalized spacial score (nSPS) is 31.9. The Hall–Kier alpha value is -0.660. The van der Waals surface area contributed by atoms with Crippen molar-refractivity contribution in [1.82, 2.24) is 9.88 Å². The molecule has 1 spiro atoms. The Labute approximate surface area is 143 Å². The van der Waals surface area contributed by atoms with E-state index in [0.717, 1.165) is 36.0 Å². The fourth-order valence-electron chi connectivity index (χ4n) is 3.62. The molecule has 3 aliphatic rings. The molecule has 1 aliphatic carbocycles. The number of halogens is 1. The van der Waals surface area contributed by atoms with Crippen molar-refractivity contribution in [2.24, 2.45) is 5.92 Å². The van der Waals surface area contributed by atoms with Gasteiger partial charge < -0.3 is 9.64 Å². The molecule has 0 N–H and O–H groups in total. The summed E-state index contributed by atoms with van der Waals surface area (Å²) in [7, 11) is 0. The summed E-state index contributed by atoms with van der Waals surface area (Å²) in [6.45, 7) is 4.19. The third kappa shape index (κ3) is 3.15. The first-order valence-electron chi connectivity index (χ1n) is 8.12. The molecule has 4 rings (SSSR count). The number of thioether (sulfide) groups is 1. The minimum atomic E-state index is -0.757. The van der Waals surface area contributed by atoms with Crippen LogP contribution in [0.2, 0.25) is 0 Å². The van der Waals surface area contributed by atoms with Crippen molar-refractivity contribution in [2.75, 3.05) is 18.8 Å². The molecule has 1 atom stereocenters. The van der Waals surface area contributed by atoms with Gasteiger partial charge >= 0.3 is 0 Å². The summed E-state index contributed by atoms with van der Waals surface area (Å²) in [5.41, 5.74) is 1.01. The second-order valence-corrected chi connectivity index (χ2v) is 9.50. The summed E-state index contributed by atoms with van der Waals surface area (Å²) < 4.78 is 19.1. The van der Waals surface area contributed by atoms with E-state index in [1.807, 2.05) is 29.0 Å². The van der Waals surface area contributed by atoms with E-state index in [0.29, 0.717) is 19.4 Å². The lowest BCUT2D eigenvalue weighted by atomic mass is 9.80. The third-order valence-electron chi connectivity index (χ3n) is 5.01. The van der Waals surface area contributed by atoms with Gasteiger partial charge in [0, 0.05) is 30.1 Å². The molecular weight excluding hydrogens is 335 g/mol. The fraction of sp³-hybridized carbons (Fsp3) is 0.750. The van der Waals surface area contributed by atoms with Gasteiger partial charge in [0.15, 0.2) is 0 Å². The first kappa shape index (κ1) is 15.8. The Bertz CT molecular complexity index is 597. The maximum absolute atomic E-state index is 12.9. The number of hydrogen-bond donors (Lipinski definition) is 0. The molecule has 7 heteroatoms. The second kappa shape index (κ2) is 6.01. The molecule has 3 heterocycles. The number of hydrogen-bond acceptors (Lipinski definition) is 5. The zero-order valence-electron chi connectivity index (χ0n) is 13.2. The number of amides is 1. The van der Waals surface area contributed by atoms with E-state index in [1.165, 1.54) is 0 Å². The summed E-state index contributed by atoms with van der Waals surface area (Å²) in [5.74, 6) is 1.09. The first-order valence-corrected chi connectivity index (χ1v) is 9.99. The number of aryl methyl sites for hydroxylation is 1. The molecule has 2 aliphatic heterocycles. The number of likely N-dealkylation sites (tertiary alicyclic amines) is 1. The molecule has 0 bridgehead atoms. The highest BCUT2D eigenvalue weighted by Crippen LogP contribution is 2.47. The van der Waals surface area contributed by atoms with Crippen LogP contribution in [0.4, 0.5) is 4.39 Å². The Balaban J connectivity index is 1.23. The van der Waals surface area contributed by atoms with Gasteiger partial charge in [-0.25, -0.2) is 9.37 Å². The number of nitrogens with zero attached hydrogens (tertiary/aromatic N) is 2. The maximum atomic E-state index is 12.9. The molecule has 126 valence electrons. The van der Waals surface area contributed by atoms with Gasteiger partial charge in [-0.2, -0.15) is 0 Å². The lowest BCUT2D eigenvalue weighted by Gasteiger charge is -2.49. The van der Waals surface area contributed by atoms with E-state index in [4.69, 9.17) is 4.74 Å². The molecule has 1 saturated carbocycles. The highest BCUT2D eigenvalue weighted by molar-refractivity contribution is 8.01. The first-order chi connectivity index (χ1) is 11.0. The Morgan fingerprint density at radius 1 is 1.52 bits per heavy atom. The van der Waals surface area contributed by atoms with E-state index in [2.05, 4.69) is 4.98 Å². The average molecular weight is 356 g/mol. The number of carbonyl (C=O) groups is 1. The second-order valence-electron chi connectivity index (χ2n) is 6.95. The summed E-state index contributed by atoms with van der Waals surface area (Å²) in [5, 5.41) is 3.12. The predicted molar refractivity (Wildman–Crippen MR) is 89.4 cm³/mol. The minimum absolute atomic E-state index is 0.0614. The van der Waals surface area contributed by atoms with E-state index in [1.54, 1.807) is 11.3 Å². The van der Waals surface area contributed by atoms with Crippen molar-refractivity contribution in [2.45, 2.75) is 49.8 Å². The number of carbonyl (C=O) groups excluding carboxylic acids is 1. The molecule has 1 aromatic heterocycles. The molecule has 23 heavy (non-hydrogen) atoms. The van der Waals surface area contributed by atoms with Crippen molar-refractivity contribution >= 4 is 29.0 Å². The molecule has 1 aromatic rings. The monoisotopic (exact) mass is 356 g/mol. The maximum Gasteiger partial charge on any atom is 0.225 e. The molecule has 1 amide bonds. The fourth-order valence-corrected chi connectivity index (χ4v) is 5.77. The average Bonchev–Trinajstić information content (AvgIpc) is 3.06. The van der Waals surface area contributed by atoms with Crippen LogP contribution < -0.4 is 0 Å². The lowest BCUT2D eigenvalue weighted by Crippen LogP contribution is -2.62. The Kier molecular flexibility index (Phi) is 4.14. The molecular formula is C16H21FN2O2S2. The lowest BCUT2D eigenvalue weighted by molar-refractivity contribution is -0.146. The van der Waals surface area contributed by atoms with Crippen LogP contribution in [0.1, 0.15) is 30.0 Å². The highest BCUT2D eigenvalue weighted by Gasteiger charge is 2.52.